The van der Waals surface area contributed by atoms with Gasteiger partial charge in [0.1, 0.15) is 11.2 Å². The van der Waals surface area contributed by atoms with Gasteiger partial charge in [0.2, 0.25) is 5.88 Å². The molecule has 2 saturated heterocycles. The Balaban J connectivity index is 1.33. The number of rotatable bonds is 5. The largest absolute Gasteiger partial charge is 0.480 e. The second-order valence-corrected chi connectivity index (χ2v) is 7.04. The number of amides is 1. The van der Waals surface area contributed by atoms with Crippen LogP contribution in [-0.2, 0) is 16.1 Å². The number of pyridine rings is 2. The number of nitrogens with zero attached hydrogens (tertiary/aromatic N) is 3. The van der Waals surface area contributed by atoms with Crippen LogP contribution in [0.5, 0.6) is 5.88 Å². The summed E-state index contributed by atoms with van der Waals surface area (Å²) in [5.74, 6) is 0.276. The van der Waals surface area contributed by atoms with Gasteiger partial charge in [0.15, 0.2) is 0 Å². The molecule has 1 unspecified atom stereocenters. The lowest BCUT2D eigenvalue weighted by Gasteiger charge is -2.53. The maximum Gasteiger partial charge on any atom is 0.259 e. The Morgan fingerprint density at radius 1 is 1.33 bits per heavy atom. The van der Waals surface area contributed by atoms with E-state index in [1.807, 2.05) is 18.3 Å². The molecule has 2 aromatic heterocycles. The zero-order valence-electron chi connectivity index (χ0n) is 15.3. The number of hydrogen-bond acceptors (Lipinski definition) is 6. The summed E-state index contributed by atoms with van der Waals surface area (Å²) in [6.07, 6.45) is 6.98. The molecule has 0 N–H and O–H groups in total. The summed E-state index contributed by atoms with van der Waals surface area (Å²) >= 11 is 0. The van der Waals surface area contributed by atoms with E-state index in [-0.39, 0.29) is 17.6 Å². The standard InChI is InChI=1S/C20H23N3O4/c1-25-18-17(5-3-8-22-18)19(24)23-13-20(14-23)10-16(6-9-27-20)26-12-15-4-2-7-21-11-15/h2-5,7-8,11,16H,6,9-10,12-14H2,1H3. The van der Waals surface area contributed by atoms with Crippen molar-refractivity contribution in [2.75, 3.05) is 26.8 Å². The third-order valence-electron chi connectivity index (χ3n) is 5.10. The van der Waals surface area contributed by atoms with Crippen LogP contribution in [-0.4, -0.2) is 59.3 Å². The lowest BCUT2D eigenvalue weighted by molar-refractivity contribution is -0.188. The van der Waals surface area contributed by atoms with Gasteiger partial charge in [-0.25, -0.2) is 4.98 Å². The third kappa shape index (κ3) is 3.79. The molecule has 2 aromatic rings. The first-order valence-corrected chi connectivity index (χ1v) is 9.12. The first-order chi connectivity index (χ1) is 13.2. The van der Waals surface area contributed by atoms with Crippen molar-refractivity contribution in [3.05, 3.63) is 54.0 Å². The summed E-state index contributed by atoms with van der Waals surface area (Å²) < 4.78 is 17.3. The fourth-order valence-electron chi connectivity index (χ4n) is 3.72. The monoisotopic (exact) mass is 369 g/mol. The highest BCUT2D eigenvalue weighted by Crippen LogP contribution is 2.36. The minimum absolute atomic E-state index is 0.0763. The second kappa shape index (κ2) is 7.62. The van der Waals surface area contributed by atoms with Crippen molar-refractivity contribution in [3.8, 4) is 5.88 Å². The molecule has 4 rings (SSSR count). The zero-order valence-corrected chi connectivity index (χ0v) is 15.3. The van der Waals surface area contributed by atoms with E-state index in [1.54, 1.807) is 29.4 Å². The van der Waals surface area contributed by atoms with Crippen molar-refractivity contribution >= 4 is 5.91 Å². The topological polar surface area (TPSA) is 73.8 Å². The van der Waals surface area contributed by atoms with Crippen LogP contribution >= 0.6 is 0 Å². The average Bonchev–Trinajstić information content (AvgIpc) is 2.71. The van der Waals surface area contributed by atoms with Gasteiger partial charge in [-0.15, -0.1) is 0 Å². The van der Waals surface area contributed by atoms with Gasteiger partial charge in [0.25, 0.3) is 5.91 Å². The molecule has 0 aromatic carbocycles. The number of likely N-dealkylation sites (tertiary alicyclic amines) is 1. The van der Waals surface area contributed by atoms with Gasteiger partial charge >= 0.3 is 0 Å². The van der Waals surface area contributed by atoms with Crippen LogP contribution in [0.3, 0.4) is 0 Å². The van der Waals surface area contributed by atoms with E-state index in [4.69, 9.17) is 14.2 Å². The first-order valence-electron chi connectivity index (χ1n) is 9.12. The Labute approximate surface area is 158 Å². The van der Waals surface area contributed by atoms with Crippen LogP contribution in [0.4, 0.5) is 0 Å². The van der Waals surface area contributed by atoms with Gasteiger partial charge in [-0.05, 0) is 30.2 Å². The predicted octanol–water partition coefficient (Wildman–Crippen LogP) is 2.08. The van der Waals surface area contributed by atoms with Crippen LogP contribution in [0.25, 0.3) is 0 Å². The van der Waals surface area contributed by atoms with Gasteiger partial charge in [-0.3, -0.25) is 9.78 Å². The molecule has 2 aliphatic rings. The van der Waals surface area contributed by atoms with Gasteiger partial charge in [0, 0.05) is 31.6 Å². The van der Waals surface area contributed by atoms with Crippen LogP contribution in [0.2, 0.25) is 0 Å². The van der Waals surface area contributed by atoms with Crippen molar-refractivity contribution < 1.29 is 19.0 Å². The molecule has 142 valence electrons. The van der Waals surface area contributed by atoms with Crippen LogP contribution in [0, 0.1) is 0 Å². The Morgan fingerprint density at radius 2 is 2.19 bits per heavy atom. The first kappa shape index (κ1) is 17.9. The fraction of sp³-hybridized carbons (Fsp3) is 0.450. The lowest BCUT2D eigenvalue weighted by atomic mass is 9.84. The normalized spacial score (nSPS) is 20.9. The zero-order chi connectivity index (χ0) is 18.7. The quantitative estimate of drug-likeness (QED) is 0.803. The van der Waals surface area contributed by atoms with Crippen LogP contribution in [0.15, 0.2) is 42.9 Å². The number of carbonyl (C=O) groups is 1. The maximum atomic E-state index is 12.7. The second-order valence-electron chi connectivity index (χ2n) is 7.04. The third-order valence-corrected chi connectivity index (χ3v) is 5.10. The van der Waals surface area contributed by atoms with Gasteiger partial charge in [-0.2, -0.15) is 0 Å². The molecule has 7 heteroatoms. The summed E-state index contributed by atoms with van der Waals surface area (Å²) in [4.78, 5) is 22.7. The molecule has 0 radical (unpaired) electrons. The SMILES string of the molecule is COc1ncccc1C(=O)N1CC2(CC(OCc3cccnc3)CCO2)C1. The van der Waals surface area contributed by atoms with Crippen molar-refractivity contribution in [1.29, 1.82) is 0 Å². The van der Waals surface area contributed by atoms with Gasteiger partial charge < -0.3 is 19.1 Å². The Kier molecular flexibility index (Phi) is 5.05. The van der Waals surface area contributed by atoms with Gasteiger partial charge in [-0.1, -0.05) is 6.07 Å². The Hall–Kier alpha value is -2.51. The smallest absolute Gasteiger partial charge is 0.259 e. The summed E-state index contributed by atoms with van der Waals surface area (Å²) in [5, 5.41) is 0. The van der Waals surface area contributed by atoms with Crippen molar-refractivity contribution in [2.24, 2.45) is 0 Å². The van der Waals surface area contributed by atoms with Crippen molar-refractivity contribution in [2.45, 2.75) is 31.2 Å². The molecule has 7 nitrogen and oxygen atoms in total. The fourth-order valence-corrected chi connectivity index (χ4v) is 3.72. The van der Waals surface area contributed by atoms with E-state index >= 15 is 0 Å². The molecule has 2 fully saturated rings. The number of carbonyl (C=O) groups excluding carboxylic acids is 1. The molecule has 1 spiro atoms. The highest BCUT2D eigenvalue weighted by molar-refractivity contribution is 5.97. The summed E-state index contributed by atoms with van der Waals surface area (Å²) in [7, 11) is 1.52. The summed E-state index contributed by atoms with van der Waals surface area (Å²) in [6, 6.07) is 7.39. The minimum Gasteiger partial charge on any atom is -0.480 e. The van der Waals surface area contributed by atoms with E-state index in [2.05, 4.69) is 9.97 Å². The summed E-state index contributed by atoms with van der Waals surface area (Å²) in [5.41, 5.74) is 1.24. The van der Waals surface area contributed by atoms with Crippen molar-refractivity contribution in [1.82, 2.24) is 14.9 Å². The Bertz CT molecular complexity index is 793. The minimum atomic E-state index is -0.303. The Morgan fingerprint density at radius 3 is 2.96 bits per heavy atom. The lowest BCUT2D eigenvalue weighted by Crippen LogP contribution is -2.67. The molecular formula is C20H23N3O4. The number of methoxy groups -OCH3 is 1. The number of aromatic nitrogens is 2. The maximum absolute atomic E-state index is 12.7. The van der Waals surface area contributed by atoms with E-state index < -0.39 is 0 Å². The average molecular weight is 369 g/mol. The molecule has 2 aliphatic heterocycles. The van der Waals surface area contributed by atoms with Crippen molar-refractivity contribution in [3.63, 3.8) is 0 Å². The summed E-state index contributed by atoms with van der Waals surface area (Å²) in [6.45, 7) is 2.33. The van der Waals surface area contributed by atoms with E-state index in [1.165, 1.54) is 7.11 Å². The molecule has 0 aliphatic carbocycles. The number of ether oxygens (including phenoxy) is 3. The van der Waals surface area contributed by atoms with E-state index in [0.29, 0.717) is 37.7 Å². The molecular weight excluding hydrogens is 346 g/mol. The predicted molar refractivity (Wildman–Crippen MR) is 97.4 cm³/mol. The molecule has 0 saturated carbocycles. The molecule has 1 amide bonds. The molecule has 1 atom stereocenters. The molecule has 27 heavy (non-hydrogen) atoms. The highest BCUT2D eigenvalue weighted by Gasteiger charge is 2.50. The highest BCUT2D eigenvalue weighted by atomic mass is 16.5. The molecule has 0 bridgehead atoms. The van der Waals surface area contributed by atoms with Crippen LogP contribution < -0.4 is 4.74 Å². The number of hydrogen-bond donors (Lipinski definition) is 0. The molecule has 4 heterocycles. The van der Waals surface area contributed by atoms with Crippen LogP contribution in [0.1, 0.15) is 28.8 Å². The van der Waals surface area contributed by atoms with E-state index in [9.17, 15) is 4.79 Å². The van der Waals surface area contributed by atoms with Gasteiger partial charge in [0.05, 0.1) is 32.9 Å². The van der Waals surface area contributed by atoms with E-state index in [0.717, 1.165) is 18.4 Å².